The average Bonchev–Trinajstić information content (AvgIpc) is 3.37. The lowest BCUT2D eigenvalue weighted by atomic mass is 9.81. The minimum Gasteiger partial charge on any atom is -0.345 e. The molecule has 0 saturated carbocycles. The van der Waals surface area contributed by atoms with Crippen LogP contribution in [0.3, 0.4) is 0 Å². The first-order chi connectivity index (χ1) is 21.2. The van der Waals surface area contributed by atoms with Crippen LogP contribution in [0.15, 0.2) is 120 Å². The molecule has 0 aromatic carbocycles. The van der Waals surface area contributed by atoms with E-state index in [1.807, 2.05) is 12.2 Å². The van der Waals surface area contributed by atoms with E-state index < -0.39 is 0 Å². The highest BCUT2D eigenvalue weighted by Gasteiger charge is 2.33. The molecule has 2 nitrogen and oxygen atoms in total. The van der Waals surface area contributed by atoms with Gasteiger partial charge in [0.1, 0.15) is 0 Å². The van der Waals surface area contributed by atoms with Crippen LogP contribution in [0.4, 0.5) is 0 Å². The number of allylic oxidation sites excluding steroid dienone is 18. The Bertz CT molecular complexity index is 1460. The van der Waals surface area contributed by atoms with Gasteiger partial charge in [0, 0.05) is 41.3 Å². The molecule has 0 fully saturated rings. The zero-order valence-electron chi connectivity index (χ0n) is 28.8. The minimum atomic E-state index is 0.0581. The first-order valence-corrected chi connectivity index (χ1v) is 16.5. The van der Waals surface area contributed by atoms with E-state index in [-0.39, 0.29) is 5.41 Å². The Morgan fingerprint density at radius 1 is 1.02 bits per heavy atom. The Balaban J connectivity index is 1.98. The van der Waals surface area contributed by atoms with Gasteiger partial charge in [-0.3, -0.25) is 0 Å². The summed E-state index contributed by atoms with van der Waals surface area (Å²) in [4.78, 5) is 2.54. The first kappa shape index (κ1) is 34.7. The van der Waals surface area contributed by atoms with Crippen LogP contribution in [-0.4, -0.2) is 16.0 Å². The number of hydrogen-bond acceptors (Lipinski definition) is 1. The zero-order valence-corrected chi connectivity index (χ0v) is 28.8. The van der Waals surface area contributed by atoms with E-state index in [0.717, 1.165) is 45.2 Å². The molecule has 2 heteroatoms. The second-order valence-corrected chi connectivity index (χ2v) is 12.3. The smallest absolute Gasteiger partial charge is 0.0445 e. The molecule has 1 heterocycles. The van der Waals surface area contributed by atoms with Gasteiger partial charge in [-0.05, 0) is 94.7 Å². The quantitative estimate of drug-likeness (QED) is 0.196. The summed E-state index contributed by atoms with van der Waals surface area (Å²) in [5, 5.41) is 0. The van der Waals surface area contributed by atoms with Crippen LogP contribution in [0.5, 0.6) is 0 Å². The molecule has 44 heavy (non-hydrogen) atoms. The molecule has 2 aliphatic rings. The average molecular weight is 589 g/mol. The van der Waals surface area contributed by atoms with Crippen LogP contribution < -0.4 is 0 Å². The molecule has 0 N–H and O–H groups in total. The van der Waals surface area contributed by atoms with Gasteiger partial charge >= 0.3 is 0 Å². The van der Waals surface area contributed by atoms with Crippen molar-refractivity contribution < 1.29 is 0 Å². The van der Waals surface area contributed by atoms with Crippen LogP contribution in [0.1, 0.15) is 96.2 Å². The van der Waals surface area contributed by atoms with Gasteiger partial charge in [0.15, 0.2) is 0 Å². The third-order valence-corrected chi connectivity index (χ3v) is 9.00. The maximum absolute atomic E-state index is 3.88. The lowest BCUT2D eigenvalue weighted by Crippen LogP contribution is -2.23. The summed E-state index contributed by atoms with van der Waals surface area (Å²) in [5.41, 5.74) is 12.4. The van der Waals surface area contributed by atoms with Gasteiger partial charge < -0.3 is 9.47 Å². The predicted octanol–water partition coefficient (Wildman–Crippen LogP) is 11.9. The van der Waals surface area contributed by atoms with Crippen molar-refractivity contribution in [3.63, 3.8) is 0 Å². The van der Waals surface area contributed by atoms with E-state index >= 15 is 0 Å². The van der Waals surface area contributed by atoms with Crippen LogP contribution in [-0.2, 0) is 6.54 Å². The summed E-state index contributed by atoms with van der Waals surface area (Å²) in [6, 6.07) is 0. The maximum atomic E-state index is 3.88. The molecule has 2 aliphatic carbocycles. The van der Waals surface area contributed by atoms with Gasteiger partial charge in [-0.25, -0.2) is 0 Å². The molecule has 0 radical (unpaired) electrons. The van der Waals surface area contributed by atoms with Gasteiger partial charge in [-0.2, -0.15) is 0 Å². The van der Waals surface area contributed by atoms with E-state index in [0.29, 0.717) is 0 Å². The highest BCUT2D eigenvalue weighted by molar-refractivity contribution is 5.66. The van der Waals surface area contributed by atoms with Crippen molar-refractivity contribution in [2.24, 2.45) is 5.41 Å². The summed E-state index contributed by atoms with van der Waals surface area (Å²) in [7, 11) is 0. The summed E-state index contributed by atoms with van der Waals surface area (Å²) >= 11 is 0. The van der Waals surface area contributed by atoms with Gasteiger partial charge in [-0.15, -0.1) is 0 Å². The number of nitrogens with zero attached hydrogens (tertiary/aromatic N) is 2. The Kier molecular flexibility index (Phi) is 13.3. The van der Waals surface area contributed by atoms with E-state index in [1.54, 1.807) is 0 Å². The maximum Gasteiger partial charge on any atom is 0.0445 e. The summed E-state index contributed by atoms with van der Waals surface area (Å²) in [6.07, 6.45) is 40.8. The molecule has 3 rings (SSSR count). The first-order valence-electron chi connectivity index (χ1n) is 16.5. The molecule has 0 bridgehead atoms. The van der Waals surface area contributed by atoms with Crippen molar-refractivity contribution in [2.75, 3.05) is 6.54 Å². The van der Waals surface area contributed by atoms with E-state index in [1.165, 1.54) is 50.6 Å². The molecule has 0 unspecified atom stereocenters. The Hall–Kier alpha value is -3.78. The van der Waals surface area contributed by atoms with Crippen LogP contribution in [0.25, 0.3) is 12.2 Å². The number of aromatic nitrogens is 1. The predicted molar refractivity (Wildman–Crippen MR) is 196 cm³/mol. The second kappa shape index (κ2) is 16.9. The third-order valence-electron chi connectivity index (χ3n) is 9.00. The van der Waals surface area contributed by atoms with Gasteiger partial charge in [0.25, 0.3) is 0 Å². The summed E-state index contributed by atoms with van der Waals surface area (Å²) in [6.45, 7) is 23.6. The van der Waals surface area contributed by atoms with Crippen molar-refractivity contribution in [1.29, 1.82) is 0 Å². The fourth-order valence-electron chi connectivity index (χ4n) is 6.41. The Morgan fingerprint density at radius 2 is 1.82 bits per heavy atom. The topological polar surface area (TPSA) is 8.17 Å². The van der Waals surface area contributed by atoms with Crippen molar-refractivity contribution in [2.45, 2.75) is 94.0 Å². The van der Waals surface area contributed by atoms with Crippen molar-refractivity contribution >= 4 is 12.2 Å². The fourth-order valence-corrected chi connectivity index (χ4v) is 6.41. The molecule has 0 amide bonds. The van der Waals surface area contributed by atoms with Gasteiger partial charge in [-0.1, -0.05) is 124 Å². The normalized spacial score (nSPS) is 18.5. The lowest BCUT2D eigenvalue weighted by Gasteiger charge is -2.30. The standard InChI is InChI=1S/C42H56N2/c1-10-14-17-21-30-43-35(7)39(25-15-11-2)34(6)41(43)27-22-31-44(38-23-19-18-20-24-38)37(13-4)29-28-36-32-33(5)40(26-16-12-3)42(36,8)9/h10-11,14-19,21-23,25-29H,2,12-13,20,24,30-32H2,1,3-9H3/b14-10-,21-17-,25-15-,26-16-,27-22-,36-28+,37-29+. The van der Waals surface area contributed by atoms with E-state index in [4.69, 9.17) is 0 Å². The highest BCUT2D eigenvalue weighted by Crippen LogP contribution is 2.47. The van der Waals surface area contributed by atoms with Crippen molar-refractivity contribution in [3.05, 3.63) is 142 Å². The third kappa shape index (κ3) is 8.44. The SMILES string of the molecule is C=C/C=C\c1c(C)c(/C=C\CN(C2=CC=CCC2)/C(=C/C=C2\CC(C)=C(/C=C\CC)C2(C)C)CC)n(C/C=C\C=C/C)c1C. The molecular weight excluding hydrogens is 532 g/mol. The van der Waals surface area contributed by atoms with E-state index in [9.17, 15) is 0 Å². The molecule has 0 spiro atoms. The molecule has 1 aromatic rings. The molecule has 234 valence electrons. The van der Waals surface area contributed by atoms with Gasteiger partial charge in [0.2, 0.25) is 0 Å². The largest absolute Gasteiger partial charge is 0.345 e. The van der Waals surface area contributed by atoms with E-state index in [2.05, 4.69) is 157 Å². The lowest BCUT2D eigenvalue weighted by molar-refractivity contribution is 0.437. The minimum absolute atomic E-state index is 0.0581. The zero-order chi connectivity index (χ0) is 32.1. The Morgan fingerprint density at radius 3 is 2.48 bits per heavy atom. The van der Waals surface area contributed by atoms with Crippen LogP contribution in [0.2, 0.25) is 0 Å². The van der Waals surface area contributed by atoms with Crippen molar-refractivity contribution in [3.8, 4) is 0 Å². The molecule has 0 saturated heterocycles. The second-order valence-electron chi connectivity index (χ2n) is 12.3. The van der Waals surface area contributed by atoms with Crippen molar-refractivity contribution in [1.82, 2.24) is 9.47 Å². The monoisotopic (exact) mass is 588 g/mol. The van der Waals surface area contributed by atoms with Crippen LogP contribution in [0, 0.1) is 19.3 Å². The van der Waals surface area contributed by atoms with Gasteiger partial charge in [0.05, 0.1) is 0 Å². The highest BCUT2D eigenvalue weighted by atomic mass is 15.1. The number of hydrogen-bond donors (Lipinski definition) is 0. The summed E-state index contributed by atoms with van der Waals surface area (Å²) < 4.78 is 2.42. The van der Waals surface area contributed by atoms with Crippen LogP contribution >= 0.6 is 0 Å². The molecular formula is C42H56N2. The molecule has 1 aromatic heterocycles. The summed E-state index contributed by atoms with van der Waals surface area (Å²) in [5.74, 6) is 0. The molecule has 0 atom stereocenters. The number of rotatable bonds is 14. The Labute approximate surface area is 269 Å². The fraction of sp³-hybridized carbons (Fsp3) is 0.381. The molecule has 0 aliphatic heterocycles.